The molecule has 1 aliphatic heterocycles. The molecule has 9 heteroatoms. The smallest absolute Gasteiger partial charge is 0.332 e. The third-order valence-electron chi connectivity index (χ3n) is 5.21. The van der Waals surface area contributed by atoms with E-state index in [1.807, 2.05) is 0 Å². The Balaban J connectivity index is 2.19. The molecule has 1 aliphatic rings. The third kappa shape index (κ3) is 2.99. The number of piperidine rings is 1. The second-order valence-corrected chi connectivity index (χ2v) is 6.94. The Labute approximate surface area is 144 Å². The Kier molecular flexibility index (Phi) is 4.51. The molecule has 0 spiro atoms. The molecular weight excluding hydrogens is 324 g/mol. The topological polar surface area (TPSA) is 109 Å². The summed E-state index contributed by atoms with van der Waals surface area (Å²) in [5.74, 6) is 0.0778. The first-order valence-electron chi connectivity index (χ1n) is 8.59. The molecule has 136 valence electrons. The Bertz CT molecular complexity index is 938. The Hall–Kier alpha value is -2.42. The predicted molar refractivity (Wildman–Crippen MR) is 92.3 cm³/mol. The number of likely N-dealkylation sites (tertiary alicyclic amines) is 1. The van der Waals surface area contributed by atoms with Gasteiger partial charge in [-0.25, -0.2) is 9.78 Å². The zero-order valence-corrected chi connectivity index (χ0v) is 14.9. The number of fused-ring (bicyclic) bond motifs is 1. The van der Waals surface area contributed by atoms with Crippen LogP contribution >= 0.6 is 0 Å². The quantitative estimate of drug-likeness (QED) is 0.657. The van der Waals surface area contributed by atoms with Gasteiger partial charge >= 0.3 is 5.69 Å². The first-order chi connectivity index (χ1) is 11.8. The Morgan fingerprint density at radius 3 is 2.64 bits per heavy atom. The van der Waals surface area contributed by atoms with Gasteiger partial charge in [-0.2, -0.15) is 0 Å². The molecule has 1 unspecified atom stereocenters. The van der Waals surface area contributed by atoms with Gasteiger partial charge in [-0.05, 0) is 26.2 Å². The van der Waals surface area contributed by atoms with Gasteiger partial charge in [0, 0.05) is 14.1 Å². The number of quaternary nitrogens is 1. The fraction of sp³-hybridized carbons (Fsp3) is 0.625. The Morgan fingerprint density at radius 1 is 1.28 bits per heavy atom. The lowest BCUT2D eigenvalue weighted by Crippen LogP contribution is -3.15. The maximum Gasteiger partial charge on any atom is 0.332 e. The minimum Gasteiger partial charge on any atom is -0.368 e. The number of amides is 1. The van der Waals surface area contributed by atoms with Crippen LogP contribution in [0.2, 0.25) is 0 Å². The lowest BCUT2D eigenvalue weighted by molar-refractivity contribution is -0.942. The van der Waals surface area contributed by atoms with Crippen LogP contribution < -0.4 is 21.9 Å². The molecule has 3 rings (SSSR count). The van der Waals surface area contributed by atoms with Crippen LogP contribution in [-0.2, 0) is 32.0 Å². The molecule has 0 bridgehead atoms. The van der Waals surface area contributed by atoms with E-state index in [1.54, 1.807) is 11.6 Å². The average molecular weight is 349 g/mol. The summed E-state index contributed by atoms with van der Waals surface area (Å²) in [5, 5.41) is 0. The first-order valence-corrected chi connectivity index (χ1v) is 8.59. The number of nitrogens with zero attached hydrogens (tertiary/aromatic N) is 4. The van der Waals surface area contributed by atoms with Gasteiger partial charge in [0.15, 0.2) is 17.0 Å². The number of hydrogen-bond acceptors (Lipinski definition) is 4. The summed E-state index contributed by atoms with van der Waals surface area (Å²) in [4.78, 5) is 42.2. The standard InChI is InChI=1S/C16H24N6O3/c1-10-6-4-5-7-21(10)9-12-18-14-13(22(12)8-11(17)23)15(24)20(3)16(25)19(14)2/h10H,4-9H2,1-3H3,(H2,17,23)/p+1/t10-/m0/s1. The molecule has 0 saturated carbocycles. The minimum atomic E-state index is -0.543. The van der Waals surface area contributed by atoms with E-state index in [9.17, 15) is 14.4 Å². The summed E-state index contributed by atoms with van der Waals surface area (Å²) in [6.07, 6.45) is 3.51. The van der Waals surface area contributed by atoms with Crippen LogP contribution in [0.1, 0.15) is 32.0 Å². The highest BCUT2D eigenvalue weighted by Crippen LogP contribution is 2.11. The van der Waals surface area contributed by atoms with E-state index in [4.69, 9.17) is 5.73 Å². The summed E-state index contributed by atoms with van der Waals surface area (Å²) in [7, 11) is 3.00. The van der Waals surface area contributed by atoms with Gasteiger partial charge in [-0.3, -0.25) is 18.7 Å². The monoisotopic (exact) mass is 349 g/mol. The molecule has 0 aromatic carbocycles. The molecule has 1 amide bonds. The molecule has 2 atom stereocenters. The van der Waals surface area contributed by atoms with Crippen molar-refractivity contribution < 1.29 is 9.69 Å². The number of carbonyl (C=O) groups excluding carboxylic acids is 1. The van der Waals surface area contributed by atoms with Gasteiger partial charge in [-0.15, -0.1) is 0 Å². The van der Waals surface area contributed by atoms with Crippen molar-refractivity contribution in [2.24, 2.45) is 19.8 Å². The van der Waals surface area contributed by atoms with Crippen molar-refractivity contribution in [3.05, 3.63) is 26.7 Å². The molecule has 0 aliphatic carbocycles. The predicted octanol–water partition coefficient (Wildman–Crippen LogP) is -2.12. The molecule has 1 fully saturated rings. The number of aryl methyl sites for hydroxylation is 1. The second kappa shape index (κ2) is 6.47. The molecule has 3 heterocycles. The van der Waals surface area contributed by atoms with E-state index >= 15 is 0 Å². The van der Waals surface area contributed by atoms with Crippen molar-refractivity contribution in [1.82, 2.24) is 18.7 Å². The van der Waals surface area contributed by atoms with Crippen molar-refractivity contribution >= 4 is 17.1 Å². The highest BCUT2D eigenvalue weighted by molar-refractivity contribution is 5.78. The highest BCUT2D eigenvalue weighted by Gasteiger charge is 2.27. The molecule has 2 aromatic heterocycles. The van der Waals surface area contributed by atoms with Gasteiger partial charge in [0.2, 0.25) is 5.91 Å². The normalized spacial score (nSPS) is 20.9. The SMILES string of the molecule is C[C@H]1CCCC[NH+]1Cc1nc2c(c(=O)n(C)c(=O)n2C)n1CC(N)=O. The number of imidazole rings is 1. The summed E-state index contributed by atoms with van der Waals surface area (Å²) in [6.45, 7) is 3.70. The fourth-order valence-corrected chi connectivity index (χ4v) is 3.67. The van der Waals surface area contributed by atoms with E-state index < -0.39 is 17.2 Å². The lowest BCUT2D eigenvalue weighted by atomic mass is 10.0. The lowest BCUT2D eigenvalue weighted by Gasteiger charge is -2.29. The number of nitrogens with one attached hydrogen (secondary N) is 1. The fourth-order valence-electron chi connectivity index (χ4n) is 3.67. The van der Waals surface area contributed by atoms with E-state index in [-0.39, 0.29) is 12.1 Å². The van der Waals surface area contributed by atoms with Crippen molar-refractivity contribution in [3.8, 4) is 0 Å². The number of primary amides is 1. The number of carbonyl (C=O) groups is 1. The van der Waals surface area contributed by atoms with Crippen LogP contribution in [0, 0.1) is 0 Å². The van der Waals surface area contributed by atoms with Gasteiger partial charge in [0.05, 0.1) is 12.6 Å². The molecule has 25 heavy (non-hydrogen) atoms. The van der Waals surface area contributed by atoms with E-state index in [0.717, 1.165) is 24.0 Å². The Morgan fingerprint density at radius 2 is 2.00 bits per heavy atom. The number of aromatic nitrogens is 4. The van der Waals surface area contributed by atoms with Crippen LogP contribution in [0.25, 0.3) is 11.2 Å². The van der Waals surface area contributed by atoms with Crippen molar-refractivity contribution in [1.29, 1.82) is 0 Å². The average Bonchev–Trinajstić information content (AvgIpc) is 2.91. The zero-order chi connectivity index (χ0) is 18.3. The van der Waals surface area contributed by atoms with Crippen molar-refractivity contribution in [3.63, 3.8) is 0 Å². The highest BCUT2D eigenvalue weighted by atomic mass is 16.2. The maximum atomic E-state index is 12.6. The van der Waals surface area contributed by atoms with Crippen molar-refractivity contribution in [2.45, 2.75) is 45.3 Å². The summed E-state index contributed by atoms with van der Waals surface area (Å²) in [5.41, 5.74) is 5.04. The largest absolute Gasteiger partial charge is 0.368 e. The molecule has 1 saturated heterocycles. The molecule has 2 aromatic rings. The van der Waals surface area contributed by atoms with Crippen LogP contribution in [0.4, 0.5) is 0 Å². The summed E-state index contributed by atoms with van der Waals surface area (Å²) < 4.78 is 3.95. The van der Waals surface area contributed by atoms with E-state index in [0.29, 0.717) is 24.1 Å². The minimum absolute atomic E-state index is 0.124. The van der Waals surface area contributed by atoms with Gasteiger partial charge in [-0.1, -0.05) is 0 Å². The van der Waals surface area contributed by atoms with E-state index in [2.05, 4.69) is 11.9 Å². The molecular formula is C16H25N6O3+. The molecule has 9 nitrogen and oxygen atoms in total. The van der Waals surface area contributed by atoms with Crippen LogP contribution in [0.15, 0.2) is 9.59 Å². The van der Waals surface area contributed by atoms with Gasteiger partial charge in [0.1, 0.15) is 13.1 Å². The summed E-state index contributed by atoms with van der Waals surface area (Å²) >= 11 is 0. The molecule has 3 N–H and O–H groups in total. The van der Waals surface area contributed by atoms with Crippen LogP contribution in [0.5, 0.6) is 0 Å². The van der Waals surface area contributed by atoms with Crippen LogP contribution in [-0.4, -0.2) is 37.2 Å². The third-order valence-corrected chi connectivity index (χ3v) is 5.21. The van der Waals surface area contributed by atoms with Crippen molar-refractivity contribution in [2.75, 3.05) is 6.54 Å². The van der Waals surface area contributed by atoms with E-state index in [1.165, 1.54) is 22.9 Å². The van der Waals surface area contributed by atoms with Gasteiger partial charge in [0.25, 0.3) is 5.56 Å². The maximum absolute atomic E-state index is 12.6. The second-order valence-electron chi connectivity index (χ2n) is 6.94. The zero-order valence-electron chi connectivity index (χ0n) is 14.9. The number of nitrogens with two attached hydrogens (primary N) is 1. The molecule has 0 radical (unpaired) electrons. The number of hydrogen-bond donors (Lipinski definition) is 2. The number of rotatable bonds is 4. The van der Waals surface area contributed by atoms with Crippen LogP contribution in [0.3, 0.4) is 0 Å². The van der Waals surface area contributed by atoms with Gasteiger partial charge < -0.3 is 15.2 Å². The summed E-state index contributed by atoms with van der Waals surface area (Å²) in [6, 6.07) is 0.488. The first kappa shape index (κ1) is 17.4.